The molecule has 0 aromatic rings. The number of carbonyl (C=O) groups is 2. The molecule has 35 heavy (non-hydrogen) atoms. The van der Waals surface area contributed by atoms with Gasteiger partial charge in [-0.1, -0.05) is 19.9 Å². The summed E-state index contributed by atoms with van der Waals surface area (Å²) in [5.74, 6) is 3.13. The van der Waals surface area contributed by atoms with E-state index in [1.54, 1.807) is 0 Å². The molecule has 8 unspecified atom stereocenters. The van der Waals surface area contributed by atoms with Gasteiger partial charge in [0.15, 0.2) is 0 Å². The molecule has 0 spiro atoms. The molecular weight excluding hydrogens is 436 g/mol. The number of hydrogen-bond acceptors (Lipinski definition) is 4. The molecule has 1 amide bonds. The Balaban J connectivity index is 1.57. The van der Waals surface area contributed by atoms with Gasteiger partial charge in [-0.05, 0) is 121 Å². The average Bonchev–Trinajstić information content (AvgIpc) is 3.16. The minimum atomic E-state index is -0.226. The van der Waals surface area contributed by atoms with Crippen LogP contribution in [0.4, 0.5) is 0 Å². The number of fused-ring (bicyclic) bond motifs is 5. The molecule has 0 heterocycles. The zero-order chi connectivity index (χ0) is 25.7. The molecule has 4 fully saturated rings. The van der Waals surface area contributed by atoms with Crippen LogP contribution in [0.15, 0.2) is 11.6 Å². The quantitative estimate of drug-likeness (QED) is 0.407. The zero-order valence-corrected chi connectivity index (χ0v) is 23.5. The molecule has 0 aliphatic heterocycles. The first-order valence-electron chi connectivity index (χ1n) is 14.2. The van der Waals surface area contributed by atoms with Gasteiger partial charge in [0.25, 0.3) is 0 Å². The summed E-state index contributed by atoms with van der Waals surface area (Å²) in [6.07, 6.45) is 11.3. The molecule has 198 valence electrons. The van der Waals surface area contributed by atoms with Crippen LogP contribution in [0.25, 0.3) is 0 Å². The van der Waals surface area contributed by atoms with Crippen molar-refractivity contribution in [2.75, 3.05) is 14.1 Å². The van der Waals surface area contributed by atoms with Gasteiger partial charge in [-0.2, -0.15) is 0 Å². The Morgan fingerprint density at radius 1 is 0.943 bits per heavy atom. The van der Waals surface area contributed by atoms with Crippen molar-refractivity contribution in [2.24, 2.45) is 40.4 Å². The van der Waals surface area contributed by atoms with E-state index in [0.717, 1.165) is 42.6 Å². The Morgan fingerprint density at radius 2 is 1.57 bits per heavy atom. The minimum absolute atomic E-state index is 0.0348. The first kappa shape index (κ1) is 26.7. The molecule has 4 rings (SSSR count). The molecule has 0 bridgehead atoms. The van der Waals surface area contributed by atoms with Crippen molar-refractivity contribution in [3.05, 3.63) is 11.6 Å². The number of rotatable bonds is 5. The maximum Gasteiger partial charge on any atom is 0.302 e. The number of allylic oxidation sites excluding steroid dienone is 1. The summed E-state index contributed by atoms with van der Waals surface area (Å²) in [4.78, 5) is 27.3. The number of nitrogens with one attached hydrogen (secondary N) is 1. The van der Waals surface area contributed by atoms with E-state index in [4.69, 9.17) is 4.74 Å². The number of amides is 1. The summed E-state index contributed by atoms with van der Waals surface area (Å²) in [6.45, 7) is 12.8. The molecule has 5 heteroatoms. The van der Waals surface area contributed by atoms with Gasteiger partial charge in [-0.15, -0.1) is 0 Å². The SMILES string of the molecule is C/C=C(\C)C(=O)N[C@H]1CCC2(C)C3CCC4(C)C(CCC4C(C)N(C)C)C3CCC2[C@H]1OC(C)=O. The molecule has 0 aromatic carbocycles. The lowest BCUT2D eigenvalue weighted by Gasteiger charge is -2.62. The van der Waals surface area contributed by atoms with Crippen LogP contribution in [-0.4, -0.2) is 49.1 Å². The first-order valence-corrected chi connectivity index (χ1v) is 14.2. The Morgan fingerprint density at radius 3 is 2.20 bits per heavy atom. The lowest BCUT2D eigenvalue weighted by Crippen LogP contribution is -2.62. The molecule has 4 aliphatic carbocycles. The standard InChI is InChI=1S/C30H50N2O3/c1-9-18(2)28(34)31-26-15-17-30(6)24-14-16-29(5)22(19(3)32(7)8)12-13-23(29)21(24)10-11-25(30)27(26)35-20(4)33/h9,19,21-27H,10-17H2,1-8H3,(H,31,34)/b18-9+/t19?,21?,22?,23?,24?,25?,26-,27+,29?,30?/m0/s1. The Kier molecular flexibility index (Phi) is 7.50. The average molecular weight is 487 g/mol. The fourth-order valence-electron chi connectivity index (χ4n) is 9.42. The minimum Gasteiger partial charge on any atom is -0.460 e. The Hall–Kier alpha value is -1.36. The molecule has 0 aromatic heterocycles. The molecule has 0 saturated heterocycles. The van der Waals surface area contributed by atoms with Crippen molar-refractivity contribution < 1.29 is 14.3 Å². The lowest BCUT2D eigenvalue weighted by molar-refractivity contribution is -0.180. The number of ether oxygens (including phenoxy) is 1. The Labute approximate surface area is 213 Å². The normalized spacial score (nSPS) is 44.1. The van der Waals surface area contributed by atoms with Gasteiger partial charge in [0.05, 0.1) is 6.04 Å². The highest BCUT2D eigenvalue weighted by Gasteiger charge is 2.62. The van der Waals surface area contributed by atoms with E-state index in [-0.39, 0.29) is 29.4 Å². The van der Waals surface area contributed by atoms with Crippen LogP contribution in [0.3, 0.4) is 0 Å². The zero-order valence-electron chi connectivity index (χ0n) is 23.5. The predicted molar refractivity (Wildman–Crippen MR) is 141 cm³/mol. The number of esters is 1. The highest BCUT2D eigenvalue weighted by Crippen LogP contribution is 2.68. The third-order valence-corrected chi connectivity index (χ3v) is 11.6. The monoisotopic (exact) mass is 486 g/mol. The van der Waals surface area contributed by atoms with Crippen LogP contribution in [0, 0.1) is 40.4 Å². The van der Waals surface area contributed by atoms with Crippen LogP contribution in [0.1, 0.15) is 92.9 Å². The molecule has 4 aliphatic rings. The number of hydrogen-bond donors (Lipinski definition) is 1. The largest absolute Gasteiger partial charge is 0.460 e. The van der Waals surface area contributed by atoms with Crippen molar-refractivity contribution in [2.45, 2.75) is 111 Å². The van der Waals surface area contributed by atoms with Gasteiger partial charge < -0.3 is 15.0 Å². The maximum absolute atomic E-state index is 12.7. The molecular formula is C30H50N2O3. The van der Waals surface area contributed by atoms with Gasteiger partial charge in [0, 0.05) is 24.5 Å². The van der Waals surface area contributed by atoms with E-state index in [9.17, 15) is 9.59 Å². The van der Waals surface area contributed by atoms with Crippen molar-refractivity contribution in [1.82, 2.24) is 10.2 Å². The summed E-state index contributed by atoms with van der Waals surface area (Å²) in [6, 6.07) is 0.531. The number of nitrogens with zero attached hydrogens (tertiary/aromatic N) is 1. The van der Waals surface area contributed by atoms with E-state index < -0.39 is 0 Å². The van der Waals surface area contributed by atoms with Crippen LogP contribution in [0.5, 0.6) is 0 Å². The van der Waals surface area contributed by atoms with Crippen molar-refractivity contribution in [3.8, 4) is 0 Å². The second-order valence-electron chi connectivity index (χ2n) is 13.2. The van der Waals surface area contributed by atoms with E-state index >= 15 is 0 Å². The molecule has 1 N–H and O–H groups in total. The van der Waals surface area contributed by atoms with E-state index in [1.165, 1.54) is 39.0 Å². The van der Waals surface area contributed by atoms with E-state index in [2.05, 4.69) is 45.1 Å². The van der Waals surface area contributed by atoms with Crippen LogP contribution in [-0.2, 0) is 14.3 Å². The van der Waals surface area contributed by atoms with Crippen molar-refractivity contribution in [3.63, 3.8) is 0 Å². The topological polar surface area (TPSA) is 58.6 Å². The molecule has 4 saturated carbocycles. The number of carbonyl (C=O) groups excluding carboxylic acids is 2. The first-order chi connectivity index (χ1) is 16.4. The summed E-state index contributed by atoms with van der Waals surface area (Å²) in [7, 11) is 4.48. The summed E-state index contributed by atoms with van der Waals surface area (Å²) in [5.41, 5.74) is 1.34. The highest BCUT2D eigenvalue weighted by atomic mass is 16.5. The fraction of sp³-hybridized carbons (Fsp3) is 0.867. The van der Waals surface area contributed by atoms with Gasteiger partial charge in [0.1, 0.15) is 6.10 Å². The third-order valence-electron chi connectivity index (χ3n) is 11.6. The van der Waals surface area contributed by atoms with Gasteiger partial charge in [0.2, 0.25) is 5.91 Å². The summed E-state index contributed by atoms with van der Waals surface area (Å²) < 4.78 is 6.04. The smallest absolute Gasteiger partial charge is 0.302 e. The third kappa shape index (κ3) is 4.49. The van der Waals surface area contributed by atoms with Gasteiger partial charge in [-0.25, -0.2) is 0 Å². The van der Waals surface area contributed by atoms with E-state index in [1.807, 2.05) is 19.9 Å². The summed E-state index contributed by atoms with van der Waals surface area (Å²) >= 11 is 0. The van der Waals surface area contributed by atoms with Crippen LogP contribution < -0.4 is 5.32 Å². The Bertz CT molecular complexity index is 853. The van der Waals surface area contributed by atoms with Crippen molar-refractivity contribution in [1.29, 1.82) is 0 Å². The maximum atomic E-state index is 12.7. The predicted octanol–water partition coefficient (Wildman–Crippen LogP) is 5.59. The van der Waals surface area contributed by atoms with Gasteiger partial charge >= 0.3 is 5.97 Å². The summed E-state index contributed by atoms with van der Waals surface area (Å²) in [5, 5.41) is 3.23. The van der Waals surface area contributed by atoms with Gasteiger partial charge in [-0.3, -0.25) is 9.59 Å². The lowest BCUT2D eigenvalue weighted by atomic mass is 9.44. The van der Waals surface area contributed by atoms with Crippen LogP contribution in [0.2, 0.25) is 0 Å². The second-order valence-corrected chi connectivity index (χ2v) is 13.2. The second kappa shape index (κ2) is 9.84. The molecule has 5 nitrogen and oxygen atoms in total. The van der Waals surface area contributed by atoms with Crippen LogP contribution >= 0.6 is 0 Å². The molecule has 10 atom stereocenters. The fourth-order valence-corrected chi connectivity index (χ4v) is 9.42. The molecule has 0 radical (unpaired) electrons. The highest BCUT2D eigenvalue weighted by molar-refractivity contribution is 5.92. The van der Waals surface area contributed by atoms with E-state index in [0.29, 0.717) is 23.3 Å². The van der Waals surface area contributed by atoms with Crippen molar-refractivity contribution >= 4 is 11.9 Å².